The van der Waals surface area contributed by atoms with E-state index in [-0.39, 0.29) is 0 Å². The molecule has 0 amide bonds. The molecular formula is C21H25N3OS. The zero-order valence-corrected chi connectivity index (χ0v) is 15.8. The number of nitrogens with one attached hydrogen (secondary N) is 1. The molecule has 0 radical (unpaired) electrons. The summed E-state index contributed by atoms with van der Waals surface area (Å²) in [5.74, 6) is 0.838. The molecule has 0 atom stereocenters. The predicted octanol–water partition coefficient (Wildman–Crippen LogP) is 4.68. The van der Waals surface area contributed by atoms with Crippen LogP contribution in [-0.2, 0) is 19.6 Å². The second-order valence-electron chi connectivity index (χ2n) is 6.88. The summed E-state index contributed by atoms with van der Waals surface area (Å²) in [6.45, 7) is 5.21. The third kappa shape index (κ3) is 4.61. The molecule has 0 saturated carbocycles. The zero-order chi connectivity index (χ0) is 17.6. The van der Waals surface area contributed by atoms with E-state index in [1.54, 1.807) is 17.6 Å². The quantitative estimate of drug-likeness (QED) is 0.658. The van der Waals surface area contributed by atoms with Crippen LogP contribution in [0.25, 0.3) is 10.8 Å². The Morgan fingerprint density at radius 1 is 1.00 bits per heavy atom. The van der Waals surface area contributed by atoms with Crippen molar-refractivity contribution in [2.75, 3.05) is 13.1 Å². The van der Waals surface area contributed by atoms with Gasteiger partial charge in [0.2, 0.25) is 0 Å². The van der Waals surface area contributed by atoms with E-state index in [0.29, 0.717) is 0 Å². The van der Waals surface area contributed by atoms with Crippen molar-refractivity contribution in [2.24, 2.45) is 0 Å². The molecule has 3 heterocycles. The van der Waals surface area contributed by atoms with Crippen molar-refractivity contribution in [2.45, 2.75) is 38.9 Å². The van der Waals surface area contributed by atoms with Gasteiger partial charge in [-0.15, -0.1) is 11.3 Å². The highest BCUT2D eigenvalue weighted by atomic mass is 32.1. The highest BCUT2D eigenvalue weighted by Gasteiger charge is 2.10. The van der Waals surface area contributed by atoms with Gasteiger partial charge < -0.3 is 9.73 Å². The van der Waals surface area contributed by atoms with Crippen molar-refractivity contribution in [3.63, 3.8) is 0 Å². The Labute approximate surface area is 158 Å². The average molecular weight is 368 g/mol. The van der Waals surface area contributed by atoms with Gasteiger partial charge in [0.1, 0.15) is 0 Å². The molecule has 26 heavy (non-hydrogen) atoms. The molecule has 4 rings (SSSR count). The Morgan fingerprint density at radius 3 is 2.58 bits per heavy atom. The van der Waals surface area contributed by atoms with E-state index in [1.165, 1.54) is 43.5 Å². The van der Waals surface area contributed by atoms with E-state index in [0.717, 1.165) is 36.1 Å². The number of rotatable bonds is 7. The summed E-state index contributed by atoms with van der Waals surface area (Å²) in [5, 5.41) is 6.51. The fourth-order valence-electron chi connectivity index (χ4n) is 3.37. The predicted molar refractivity (Wildman–Crippen MR) is 106 cm³/mol. The van der Waals surface area contributed by atoms with Crippen LogP contribution in [0.3, 0.4) is 0 Å². The minimum Gasteiger partial charge on any atom is -0.462 e. The van der Waals surface area contributed by atoms with Gasteiger partial charge in [-0.1, -0.05) is 30.7 Å². The van der Waals surface area contributed by atoms with Gasteiger partial charge in [0.25, 0.3) is 0 Å². The second-order valence-corrected chi connectivity index (χ2v) is 7.74. The Balaban J connectivity index is 1.24. The maximum Gasteiger partial charge on any atom is 0.162 e. The summed E-state index contributed by atoms with van der Waals surface area (Å²) in [6.07, 6.45) is 5.77. The fourth-order valence-corrected chi connectivity index (χ4v) is 4.16. The number of piperidine rings is 1. The molecule has 1 saturated heterocycles. The third-order valence-electron chi connectivity index (χ3n) is 4.80. The standard InChI is InChI=1S/C21H25N3OS/c1-2-10-24(11-3-1)15-18-8-6-17(7-9-18)13-22-14-19-16-26-21(23-19)20-5-4-12-25-20/h4-9,12,16,22H,1-3,10-11,13-15H2. The number of hydrogen-bond donors (Lipinski definition) is 1. The lowest BCUT2D eigenvalue weighted by atomic mass is 10.1. The van der Waals surface area contributed by atoms with Gasteiger partial charge in [0.05, 0.1) is 12.0 Å². The Morgan fingerprint density at radius 2 is 1.81 bits per heavy atom. The molecule has 1 fully saturated rings. The molecule has 5 heteroatoms. The van der Waals surface area contributed by atoms with Crippen LogP contribution in [0.2, 0.25) is 0 Å². The lowest BCUT2D eigenvalue weighted by Gasteiger charge is -2.26. The SMILES string of the molecule is c1coc(-c2nc(CNCc3ccc(CN4CCCCC4)cc3)cs2)c1. The summed E-state index contributed by atoms with van der Waals surface area (Å²) >= 11 is 1.62. The first-order chi connectivity index (χ1) is 12.9. The Bertz CT molecular complexity index is 789. The van der Waals surface area contributed by atoms with Gasteiger partial charge >= 0.3 is 0 Å². The maximum atomic E-state index is 5.40. The zero-order valence-electron chi connectivity index (χ0n) is 15.0. The number of furan rings is 1. The van der Waals surface area contributed by atoms with Crippen LogP contribution in [0.4, 0.5) is 0 Å². The number of likely N-dealkylation sites (tertiary alicyclic amines) is 1. The fraction of sp³-hybridized carbons (Fsp3) is 0.381. The topological polar surface area (TPSA) is 41.3 Å². The Hall–Kier alpha value is -1.95. The highest BCUT2D eigenvalue weighted by molar-refractivity contribution is 7.13. The van der Waals surface area contributed by atoms with E-state index in [9.17, 15) is 0 Å². The van der Waals surface area contributed by atoms with Crippen molar-refractivity contribution in [3.05, 3.63) is 64.9 Å². The lowest BCUT2D eigenvalue weighted by molar-refractivity contribution is 0.221. The molecule has 1 aliphatic heterocycles. The molecule has 1 aliphatic rings. The van der Waals surface area contributed by atoms with Crippen molar-refractivity contribution < 1.29 is 4.42 Å². The molecule has 1 aromatic carbocycles. The van der Waals surface area contributed by atoms with Crippen LogP contribution in [-0.4, -0.2) is 23.0 Å². The van der Waals surface area contributed by atoms with E-state index < -0.39 is 0 Å². The monoisotopic (exact) mass is 367 g/mol. The van der Waals surface area contributed by atoms with Gasteiger partial charge in [-0.05, 0) is 49.2 Å². The summed E-state index contributed by atoms with van der Waals surface area (Å²) in [5.41, 5.74) is 3.79. The first kappa shape index (κ1) is 17.5. The minimum absolute atomic E-state index is 0.771. The Kier molecular flexibility index (Phi) is 5.79. The minimum atomic E-state index is 0.771. The number of aromatic nitrogens is 1. The van der Waals surface area contributed by atoms with E-state index in [4.69, 9.17) is 4.42 Å². The smallest absolute Gasteiger partial charge is 0.162 e. The van der Waals surface area contributed by atoms with Crippen LogP contribution < -0.4 is 5.32 Å². The van der Waals surface area contributed by atoms with Crippen molar-refractivity contribution in [3.8, 4) is 10.8 Å². The van der Waals surface area contributed by atoms with Crippen LogP contribution in [0.15, 0.2) is 52.5 Å². The first-order valence-corrected chi connectivity index (χ1v) is 10.2. The van der Waals surface area contributed by atoms with E-state index in [1.807, 2.05) is 12.1 Å². The molecule has 0 bridgehead atoms. The van der Waals surface area contributed by atoms with Gasteiger partial charge in [-0.25, -0.2) is 4.98 Å². The van der Waals surface area contributed by atoms with Crippen LogP contribution in [0.5, 0.6) is 0 Å². The molecule has 0 aliphatic carbocycles. The number of hydrogen-bond acceptors (Lipinski definition) is 5. The first-order valence-electron chi connectivity index (χ1n) is 9.36. The lowest BCUT2D eigenvalue weighted by Crippen LogP contribution is -2.29. The largest absolute Gasteiger partial charge is 0.462 e. The van der Waals surface area contributed by atoms with Crippen molar-refractivity contribution in [1.82, 2.24) is 15.2 Å². The summed E-state index contributed by atoms with van der Waals surface area (Å²) in [6, 6.07) is 12.8. The number of benzene rings is 1. The summed E-state index contributed by atoms with van der Waals surface area (Å²) < 4.78 is 5.40. The molecule has 136 valence electrons. The highest BCUT2D eigenvalue weighted by Crippen LogP contribution is 2.23. The van der Waals surface area contributed by atoms with E-state index >= 15 is 0 Å². The van der Waals surface area contributed by atoms with Gasteiger partial charge in [-0.3, -0.25) is 4.90 Å². The molecule has 4 nitrogen and oxygen atoms in total. The van der Waals surface area contributed by atoms with Crippen LogP contribution in [0, 0.1) is 0 Å². The molecular weight excluding hydrogens is 342 g/mol. The number of nitrogens with zero attached hydrogens (tertiary/aromatic N) is 2. The van der Waals surface area contributed by atoms with Crippen LogP contribution in [0.1, 0.15) is 36.1 Å². The number of thiazole rings is 1. The van der Waals surface area contributed by atoms with Crippen molar-refractivity contribution >= 4 is 11.3 Å². The second kappa shape index (κ2) is 8.62. The van der Waals surface area contributed by atoms with Crippen LogP contribution >= 0.6 is 11.3 Å². The summed E-state index contributed by atoms with van der Waals surface area (Å²) in [4.78, 5) is 7.18. The van der Waals surface area contributed by atoms with Gasteiger partial charge in [0, 0.05) is 25.0 Å². The molecule has 1 N–H and O–H groups in total. The average Bonchev–Trinajstić information content (AvgIpc) is 3.36. The van der Waals surface area contributed by atoms with Gasteiger partial charge in [-0.2, -0.15) is 0 Å². The maximum absolute atomic E-state index is 5.40. The molecule has 0 spiro atoms. The summed E-state index contributed by atoms with van der Waals surface area (Å²) in [7, 11) is 0. The molecule has 0 unspecified atom stereocenters. The molecule has 3 aromatic rings. The third-order valence-corrected chi connectivity index (χ3v) is 5.70. The van der Waals surface area contributed by atoms with Gasteiger partial charge in [0.15, 0.2) is 10.8 Å². The van der Waals surface area contributed by atoms with Crippen molar-refractivity contribution in [1.29, 1.82) is 0 Å². The molecule has 2 aromatic heterocycles. The van der Waals surface area contributed by atoms with E-state index in [2.05, 4.69) is 44.8 Å². The normalized spacial score (nSPS) is 15.4.